The molecule has 5 rings (SSSR count). The minimum absolute atomic E-state index is 0.0563. The fraction of sp³-hybridized carbons (Fsp3) is 0.448. The Morgan fingerprint density at radius 1 is 0.971 bits per heavy atom. The third-order valence-corrected chi connectivity index (χ3v) is 7.19. The van der Waals surface area contributed by atoms with Gasteiger partial charge in [0.1, 0.15) is 12.4 Å². The minimum Gasteiger partial charge on any atom is -0.489 e. The van der Waals surface area contributed by atoms with Crippen LogP contribution in [0.3, 0.4) is 0 Å². The summed E-state index contributed by atoms with van der Waals surface area (Å²) in [5.74, 6) is 0.772. The number of allylic oxidation sites excluding steroid dienone is 2. The molecule has 1 amide bonds. The van der Waals surface area contributed by atoms with Crippen molar-refractivity contribution in [3.63, 3.8) is 0 Å². The van der Waals surface area contributed by atoms with Crippen molar-refractivity contribution in [3.05, 3.63) is 76.5 Å². The molecule has 6 nitrogen and oxygen atoms in total. The van der Waals surface area contributed by atoms with E-state index in [4.69, 9.17) is 9.47 Å². The van der Waals surface area contributed by atoms with Crippen molar-refractivity contribution < 1.29 is 19.1 Å². The number of ether oxygens (including phenoxy) is 2. The van der Waals surface area contributed by atoms with Crippen LogP contribution in [0, 0.1) is 12.3 Å². The topological polar surface area (TPSA) is 59.1 Å². The number of carbonyl (C=O) groups is 2. The second-order valence-electron chi connectivity index (χ2n) is 10.7. The molecule has 3 aliphatic rings. The number of nitrogens with zero attached hydrogens (tertiary/aromatic N) is 2. The van der Waals surface area contributed by atoms with Gasteiger partial charge in [-0.2, -0.15) is 0 Å². The number of morpholine rings is 1. The molecular formula is C29H34N2O4. The molecule has 0 radical (unpaired) electrons. The lowest BCUT2D eigenvalue weighted by Crippen LogP contribution is -2.55. The molecule has 1 unspecified atom stereocenters. The van der Waals surface area contributed by atoms with Crippen LogP contribution in [0.4, 0.5) is 0 Å². The van der Waals surface area contributed by atoms with E-state index in [2.05, 4.69) is 50.0 Å². The van der Waals surface area contributed by atoms with Gasteiger partial charge in [-0.15, -0.1) is 0 Å². The molecule has 2 heterocycles. The molecule has 2 aliphatic heterocycles. The fourth-order valence-electron chi connectivity index (χ4n) is 5.41. The predicted octanol–water partition coefficient (Wildman–Crippen LogP) is 4.78. The second kappa shape index (κ2) is 9.59. The average Bonchev–Trinajstić information content (AvgIpc) is 2.83. The van der Waals surface area contributed by atoms with Crippen molar-refractivity contribution in [2.75, 3.05) is 26.3 Å². The van der Waals surface area contributed by atoms with E-state index in [1.165, 1.54) is 5.56 Å². The van der Waals surface area contributed by atoms with Crippen LogP contribution in [-0.2, 0) is 20.9 Å². The number of hydrogen-bond acceptors (Lipinski definition) is 5. The zero-order valence-corrected chi connectivity index (χ0v) is 20.9. The summed E-state index contributed by atoms with van der Waals surface area (Å²) in [5.41, 5.74) is 4.85. The van der Waals surface area contributed by atoms with Gasteiger partial charge in [-0.1, -0.05) is 55.8 Å². The summed E-state index contributed by atoms with van der Waals surface area (Å²) in [7, 11) is 0. The van der Waals surface area contributed by atoms with Crippen LogP contribution in [0.1, 0.15) is 55.7 Å². The number of benzene rings is 2. The monoisotopic (exact) mass is 474 g/mol. The van der Waals surface area contributed by atoms with Crippen LogP contribution in [0.25, 0.3) is 0 Å². The lowest BCUT2D eigenvalue weighted by molar-refractivity contribution is -0.154. The maximum absolute atomic E-state index is 13.5. The number of Topliss-reactive ketones (excluding diaryl/α,β-unsaturated/α-hetero) is 1. The average molecular weight is 475 g/mol. The van der Waals surface area contributed by atoms with Gasteiger partial charge in [0.05, 0.1) is 13.2 Å². The predicted molar refractivity (Wildman–Crippen MR) is 134 cm³/mol. The first-order chi connectivity index (χ1) is 16.8. The van der Waals surface area contributed by atoms with Crippen LogP contribution in [0.15, 0.2) is 59.8 Å². The van der Waals surface area contributed by atoms with Crippen LogP contribution in [0.5, 0.6) is 5.75 Å². The number of carbonyl (C=O) groups excluding carboxylic acids is 2. The first kappa shape index (κ1) is 23.8. The van der Waals surface area contributed by atoms with Crippen molar-refractivity contribution in [1.29, 1.82) is 0 Å². The molecular weight excluding hydrogens is 440 g/mol. The maximum Gasteiger partial charge on any atom is 0.242 e. The summed E-state index contributed by atoms with van der Waals surface area (Å²) in [5, 5.41) is 3.88. The molecule has 0 bridgehead atoms. The van der Waals surface area contributed by atoms with Crippen molar-refractivity contribution in [2.45, 2.75) is 52.6 Å². The van der Waals surface area contributed by atoms with E-state index in [1.807, 2.05) is 29.3 Å². The molecule has 2 aromatic rings. The van der Waals surface area contributed by atoms with Crippen LogP contribution in [0.2, 0.25) is 0 Å². The fourth-order valence-corrected chi connectivity index (χ4v) is 5.41. The Morgan fingerprint density at radius 2 is 1.66 bits per heavy atom. The summed E-state index contributed by atoms with van der Waals surface area (Å²) in [4.78, 5) is 26.9. The smallest absolute Gasteiger partial charge is 0.242 e. The molecule has 184 valence electrons. The number of hydrogen-bond donors (Lipinski definition) is 0. The molecule has 1 saturated heterocycles. The number of aryl methyl sites for hydroxylation is 1. The zero-order valence-electron chi connectivity index (χ0n) is 20.9. The van der Waals surface area contributed by atoms with E-state index >= 15 is 0 Å². The lowest BCUT2D eigenvalue weighted by atomic mass is 9.69. The van der Waals surface area contributed by atoms with Gasteiger partial charge in [0.2, 0.25) is 5.91 Å². The van der Waals surface area contributed by atoms with Gasteiger partial charge in [0.15, 0.2) is 5.78 Å². The zero-order chi connectivity index (χ0) is 24.6. The Morgan fingerprint density at radius 3 is 2.34 bits per heavy atom. The largest absolute Gasteiger partial charge is 0.489 e. The molecule has 2 aromatic carbocycles. The van der Waals surface area contributed by atoms with E-state index < -0.39 is 0 Å². The van der Waals surface area contributed by atoms with Gasteiger partial charge in [-0.25, -0.2) is 10.0 Å². The highest BCUT2D eigenvalue weighted by molar-refractivity contribution is 6.02. The standard InChI is InChI=1S/C29H34N2O4/c1-20-4-6-21(7-5-20)19-35-23-10-8-22(9-11-23)24-16-27(33)31(30-12-14-34-15-13-30)25-17-29(2,3)18-26(32)28(24)25/h4-11,24H,12-19H2,1-3H3. The normalized spacial score (nSPS) is 22.8. The van der Waals surface area contributed by atoms with E-state index in [0.717, 1.165) is 28.1 Å². The summed E-state index contributed by atoms with van der Waals surface area (Å²) in [6.45, 7) is 9.30. The van der Waals surface area contributed by atoms with Crippen molar-refractivity contribution in [2.24, 2.45) is 5.41 Å². The van der Waals surface area contributed by atoms with Gasteiger partial charge >= 0.3 is 0 Å². The summed E-state index contributed by atoms with van der Waals surface area (Å²) < 4.78 is 11.5. The first-order valence-electron chi connectivity index (χ1n) is 12.5. The van der Waals surface area contributed by atoms with Crippen molar-refractivity contribution in [1.82, 2.24) is 10.0 Å². The minimum atomic E-state index is -0.218. The van der Waals surface area contributed by atoms with Gasteiger partial charge in [-0.05, 0) is 42.0 Å². The molecule has 6 heteroatoms. The van der Waals surface area contributed by atoms with Gasteiger partial charge in [0, 0.05) is 43.1 Å². The highest BCUT2D eigenvalue weighted by Crippen LogP contribution is 2.47. The highest BCUT2D eigenvalue weighted by Gasteiger charge is 2.45. The molecule has 35 heavy (non-hydrogen) atoms. The quantitative estimate of drug-likeness (QED) is 0.624. The molecule has 0 N–H and O–H groups in total. The number of amides is 1. The van der Waals surface area contributed by atoms with Crippen molar-refractivity contribution >= 4 is 11.7 Å². The van der Waals surface area contributed by atoms with E-state index in [9.17, 15) is 9.59 Å². The van der Waals surface area contributed by atoms with Crippen LogP contribution >= 0.6 is 0 Å². The van der Waals surface area contributed by atoms with Gasteiger partial charge in [0.25, 0.3) is 0 Å². The third kappa shape index (κ3) is 5.04. The molecule has 1 atom stereocenters. The molecule has 1 aliphatic carbocycles. The summed E-state index contributed by atoms with van der Waals surface area (Å²) in [6.07, 6.45) is 1.52. The molecule has 0 saturated carbocycles. The number of rotatable bonds is 5. The Balaban J connectivity index is 1.41. The Labute approximate surface area is 207 Å². The summed E-state index contributed by atoms with van der Waals surface area (Å²) in [6, 6.07) is 16.2. The maximum atomic E-state index is 13.5. The SMILES string of the molecule is Cc1ccc(COc2ccc(C3CC(=O)N(N4CCOCC4)C4=C3C(=O)CC(C)(C)C4)cc2)cc1. The van der Waals surface area contributed by atoms with Crippen LogP contribution in [-0.4, -0.2) is 48.0 Å². The van der Waals surface area contributed by atoms with E-state index in [0.29, 0.717) is 52.2 Å². The highest BCUT2D eigenvalue weighted by atomic mass is 16.5. The lowest BCUT2D eigenvalue weighted by Gasteiger charge is -2.47. The Hall–Kier alpha value is -2.96. The first-order valence-corrected chi connectivity index (χ1v) is 12.5. The molecule has 1 fully saturated rings. The second-order valence-corrected chi connectivity index (χ2v) is 10.7. The van der Waals surface area contributed by atoms with Gasteiger partial charge < -0.3 is 9.47 Å². The van der Waals surface area contributed by atoms with Crippen LogP contribution < -0.4 is 4.74 Å². The Bertz CT molecular complexity index is 1130. The van der Waals surface area contributed by atoms with E-state index in [-0.39, 0.29) is 23.0 Å². The van der Waals surface area contributed by atoms with Gasteiger partial charge in [-0.3, -0.25) is 9.59 Å². The third-order valence-electron chi connectivity index (χ3n) is 7.19. The van der Waals surface area contributed by atoms with E-state index in [1.54, 1.807) is 0 Å². The summed E-state index contributed by atoms with van der Waals surface area (Å²) >= 11 is 0. The Kier molecular flexibility index (Phi) is 6.51. The number of ketones is 1. The van der Waals surface area contributed by atoms with Crippen molar-refractivity contribution in [3.8, 4) is 5.75 Å². The number of hydrazine groups is 1. The molecule has 0 spiro atoms. The molecule has 0 aromatic heterocycles.